The van der Waals surface area contributed by atoms with Crippen LogP contribution in [0.25, 0.3) is 0 Å². The number of rotatable bonds is 4. The number of anilines is 1. The molecule has 20 heavy (non-hydrogen) atoms. The van der Waals surface area contributed by atoms with Crippen LogP contribution in [0.4, 0.5) is 5.69 Å². The minimum atomic E-state index is 0.143. The van der Waals surface area contributed by atoms with Crippen molar-refractivity contribution >= 4 is 11.6 Å². The molecule has 1 amide bonds. The SMILES string of the molecule is CCN(CC)C(=O)c1cccc(N2CCNCC2)c1C. The first kappa shape index (κ1) is 14.9. The Bertz CT molecular complexity index is 463. The molecule has 1 aromatic rings. The van der Waals surface area contributed by atoms with E-state index in [1.54, 1.807) is 0 Å². The zero-order valence-corrected chi connectivity index (χ0v) is 12.8. The van der Waals surface area contributed by atoms with Crippen LogP contribution in [0.5, 0.6) is 0 Å². The Balaban J connectivity index is 2.29. The zero-order valence-electron chi connectivity index (χ0n) is 12.8. The van der Waals surface area contributed by atoms with Crippen molar-refractivity contribution in [2.45, 2.75) is 20.8 Å². The summed E-state index contributed by atoms with van der Waals surface area (Å²) in [5.41, 5.74) is 3.14. The number of amides is 1. The number of piperazine rings is 1. The van der Waals surface area contributed by atoms with Crippen molar-refractivity contribution in [2.75, 3.05) is 44.2 Å². The monoisotopic (exact) mass is 275 g/mol. The third kappa shape index (κ3) is 2.96. The lowest BCUT2D eigenvalue weighted by atomic mass is 10.0. The summed E-state index contributed by atoms with van der Waals surface area (Å²) in [6, 6.07) is 6.07. The second kappa shape index (κ2) is 6.75. The Hall–Kier alpha value is -1.55. The van der Waals surface area contributed by atoms with Crippen LogP contribution in [0.3, 0.4) is 0 Å². The van der Waals surface area contributed by atoms with E-state index < -0.39 is 0 Å². The van der Waals surface area contributed by atoms with Crippen LogP contribution in [-0.2, 0) is 0 Å². The maximum atomic E-state index is 12.6. The van der Waals surface area contributed by atoms with Gasteiger partial charge in [-0.15, -0.1) is 0 Å². The third-order valence-corrected chi connectivity index (χ3v) is 4.04. The summed E-state index contributed by atoms with van der Waals surface area (Å²) < 4.78 is 0. The number of nitrogens with one attached hydrogen (secondary N) is 1. The molecule has 0 aliphatic carbocycles. The first-order chi connectivity index (χ1) is 9.69. The standard InChI is InChI=1S/C16H25N3O/c1-4-18(5-2)16(20)14-7-6-8-15(13(14)3)19-11-9-17-10-12-19/h6-8,17H,4-5,9-12H2,1-3H3. The Morgan fingerprint density at radius 1 is 1.25 bits per heavy atom. The second-order valence-corrected chi connectivity index (χ2v) is 5.16. The summed E-state index contributed by atoms with van der Waals surface area (Å²) in [6.07, 6.45) is 0. The molecule has 4 nitrogen and oxygen atoms in total. The molecule has 0 spiro atoms. The lowest BCUT2D eigenvalue weighted by Gasteiger charge is -2.31. The summed E-state index contributed by atoms with van der Waals surface area (Å²) in [5, 5.41) is 3.36. The van der Waals surface area contributed by atoms with Gasteiger partial charge in [0, 0.05) is 50.5 Å². The summed E-state index contributed by atoms with van der Waals surface area (Å²) >= 11 is 0. The molecule has 0 radical (unpaired) electrons. The van der Waals surface area contributed by atoms with Crippen molar-refractivity contribution in [2.24, 2.45) is 0 Å². The van der Waals surface area contributed by atoms with Gasteiger partial charge < -0.3 is 15.1 Å². The van der Waals surface area contributed by atoms with Gasteiger partial charge >= 0.3 is 0 Å². The van der Waals surface area contributed by atoms with E-state index in [0.717, 1.165) is 50.4 Å². The summed E-state index contributed by atoms with van der Waals surface area (Å²) in [7, 11) is 0. The Kier molecular flexibility index (Phi) is 5.01. The topological polar surface area (TPSA) is 35.6 Å². The highest BCUT2D eigenvalue weighted by Crippen LogP contribution is 2.24. The fourth-order valence-electron chi connectivity index (χ4n) is 2.78. The van der Waals surface area contributed by atoms with E-state index in [-0.39, 0.29) is 5.91 Å². The van der Waals surface area contributed by atoms with Gasteiger partial charge in [-0.3, -0.25) is 4.79 Å². The molecule has 1 aliphatic rings. The van der Waals surface area contributed by atoms with Crippen molar-refractivity contribution in [3.8, 4) is 0 Å². The van der Waals surface area contributed by atoms with Gasteiger partial charge in [0.25, 0.3) is 5.91 Å². The minimum absolute atomic E-state index is 0.143. The molecule has 0 atom stereocenters. The van der Waals surface area contributed by atoms with Gasteiger partial charge in [-0.05, 0) is 38.5 Å². The van der Waals surface area contributed by atoms with E-state index in [1.807, 2.05) is 30.9 Å². The van der Waals surface area contributed by atoms with Gasteiger partial charge in [-0.2, -0.15) is 0 Å². The third-order valence-electron chi connectivity index (χ3n) is 4.04. The molecule has 1 aliphatic heterocycles. The average Bonchev–Trinajstić information content (AvgIpc) is 2.49. The zero-order chi connectivity index (χ0) is 14.5. The predicted octanol–water partition coefficient (Wildman–Crippen LogP) is 1.89. The van der Waals surface area contributed by atoms with Crippen molar-refractivity contribution in [1.82, 2.24) is 10.2 Å². The number of hydrogen-bond acceptors (Lipinski definition) is 3. The smallest absolute Gasteiger partial charge is 0.254 e. The quantitative estimate of drug-likeness (QED) is 0.911. The lowest BCUT2D eigenvalue weighted by Crippen LogP contribution is -2.44. The van der Waals surface area contributed by atoms with Crippen molar-refractivity contribution in [1.29, 1.82) is 0 Å². The molecule has 110 valence electrons. The number of carbonyl (C=O) groups is 1. The van der Waals surface area contributed by atoms with Gasteiger partial charge in [0.05, 0.1) is 0 Å². The van der Waals surface area contributed by atoms with Crippen LogP contribution in [0.2, 0.25) is 0 Å². The minimum Gasteiger partial charge on any atom is -0.369 e. The van der Waals surface area contributed by atoms with E-state index in [0.29, 0.717) is 0 Å². The van der Waals surface area contributed by atoms with Crippen LogP contribution >= 0.6 is 0 Å². The van der Waals surface area contributed by atoms with E-state index in [4.69, 9.17) is 0 Å². The highest BCUT2D eigenvalue weighted by molar-refractivity contribution is 5.97. The van der Waals surface area contributed by atoms with Gasteiger partial charge in [-0.1, -0.05) is 6.07 Å². The highest BCUT2D eigenvalue weighted by Gasteiger charge is 2.19. The summed E-state index contributed by atoms with van der Waals surface area (Å²) in [6.45, 7) is 11.6. The molecule has 1 saturated heterocycles. The molecule has 1 N–H and O–H groups in total. The number of nitrogens with zero attached hydrogens (tertiary/aromatic N) is 2. The Morgan fingerprint density at radius 2 is 1.90 bits per heavy atom. The number of hydrogen-bond donors (Lipinski definition) is 1. The van der Waals surface area contributed by atoms with E-state index in [1.165, 1.54) is 5.69 Å². The second-order valence-electron chi connectivity index (χ2n) is 5.16. The normalized spacial score (nSPS) is 15.2. The Labute approximate surface area is 121 Å². The van der Waals surface area contributed by atoms with E-state index in [2.05, 4.69) is 23.2 Å². The van der Waals surface area contributed by atoms with Gasteiger partial charge in [0.2, 0.25) is 0 Å². The van der Waals surface area contributed by atoms with Gasteiger partial charge in [0.15, 0.2) is 0 Å². The van der Waals surface area contributed by atoms with Crippen LogP contribution in [-0.4, -0.2) is 50.1 Å². The summed E-state index contributed by atoms with van der Waals surface area (Å²) in [4.78, 5) is 16.8. The van der Waals surface area contributed by atoms with Gasteiger partial charge in [-0.25, -0.2) is 0 Å². The fraction of sp³-hybridized carbons (Fsp3) is 0.562. The molecule has 0 bridgehead atoms. The van der Waals surface area contributed by atoms with Crippen LogP contribution in [0.15, 0.2) is 18.2 Å². The van der Waals surface area contributed by atoms with E-state index >= 15 is 0 Å². The molecule has 0 unspecified atom stereocenters. The molecule has 0 saturated carbocycles. The van der Waals surface area contributed by atoms with Crippen LogP contribution in [0.1, 0.15) is 29.8 Å². The molecule has 0 aromatic heterocycles. The molecular weight excluding hydrogens is 250 g/mol. The van der Waals surface area contributed by atoms with Crippen molar-refractivity contribution in [3.63, 3.8) is 0 Å². The van der Waals surface area contributed by atoms with Crippen LogP contribution in [0, 0.1) is 6.92 Å². The maximum absolute atomic E-state index is 12.6. The van der Waals surface area contributed by atoms with Crippen LogP contribution < -0.4 is 10.2 Å². The lowest BCUT2D eigenvalue weighted by molar-refractivity contribution is 0.0772. The average molecular weight is 275 g/mol. The van der Waals surface area contributed by atoms with Crippen molar-refractivity contribution in [3.05, 3.63) is 29.3 Å². The molecule has 1 fully saturated rings. The fourth-order valence-corrected chi connectivity index (χ4v) is 2.78. The van der Waals surface area contributed by atoms with Gasteiger partial charge in [0.1, 0.15) is 0 Å². The molecule has 1 aromatic carbocycles. The largest absolute Gasteiger partial charge is 0.369 e. The Morgan fingerprint density at radius 3 is 2.50 bits per heavy atom. The molecule has 2 rings (SSSR count). The summed E-state index contributed by atoms with van der Waals surface area (Å²) in [5.74, 6) is 0.143. The number of carbonyl (C=O) groups excluding carboxylic acids is 1. The van der Waals surface area contributed by atoms with Crippen molar-refractivity contribution < 1.29 is 4.79 Å². The molecule has 4 heteroatoms. The predicted molar refractivity (Wildman–Crippen MR) is 83.5 cm³/mol. The first-order valence-corrected chi connectivity index (χ1v) is 7.53. The molecule has 1 heterocycles. The molecular formula is C16H25N3O. The number of benzene rings is 1. The van der Waals surface area contributed by atoms with E-state index in [9.17, 15) is 4.79 Å². The first-order valence-electron chi connectivity index (χ1n) is 7.53. The highest BCUT2D eigenvalue weighted by atomic mass is 16.2. The maximum Gasteiger partial charge on any atom is 0.254 e.